The van der Waals surface area contributed by atoms with Crippen LogP contribution in [0.4, 0.5) is 5.69 Å². The van der Waals surface area contributed by atoms with Crippen molar-refractivity contribution in [3.8, 4) is 0 Å². The second-order valence-corrected chi connectivity index (χ2v) is 5.76. The number of halogens is 2. The van der Waals surface area contributed by atoms with Crippen molar-refractivity contribution in [3.05, 3.63) is 63.6 Å². The van der Waals surface area contributed by atoms with Crippen molar-refractivity contribution in [2.45, 2.75) is 0 Å². The van der Waals surface area contributed by atoms with Gasteiger partial charge in [0.25, 0.3) is 11.8 Å². The monoisotopic (exact) mass is 348 g/mol. The van der Waals surface area contributed by atoms with Crippen LogP contribution in [-0.2, 0) is 4.79 Å². The van der Waals surface area contributed by atoms with E-state index >= 15 is 0 Å². The smallest absolute Gasteiger partial charge is 0.262 e. The lowest BCUT2D eigenvalue weighted by Crippen LogP contribution is -2.37. The highest BCUT2D eigenvalue weighted by molar-refractivity contribution is 6.34. The lowest BCUT2D eigenvalue weighted by atomic mass is 10.1. The summed E-state index contributed by atoms with van der Waals surface area (Å²) < 4.78 is 0. The predicted molar refractivity (Wildman–Crippen MR) is 86.9 cm³/mol. The molecule has 23 heavy (non-hydrogen) atoms. The molecule has 0 saturated carbocycles. The first-order valence-corrected chi connectivity index (χ1v) is 7.43. The molecule has 2 aromatic carbocycles. The second-order valence-electron chi connectivity index (χ2n) is 4.91. The summed E-state index contributed by atoms with van der Waals surface area (Å²) in [5, 5.41) is 3.30. The highest BCUT2D eigenvalue weighted by Crippen LogP contribution is 2.26. The van der Waals surface area contributed by atoms with E-state index in [1.807, 2.05) is 0 Å². The van der Waals surface area contributed by atoms with Crippen LogP contribution in [0.1, 0.15) is 20.7 Å². The largest absolute Gasteiger partial charge is 0.323 e. The van der Waals surface area contributed by atoms with E-state index in [-0.39, 0.29) is 11.1 Å². The number of hydrogen-bond donors (Lipinski definition) is 1. The zero-order chi connectivity index (χ0) is 16.6. The van der Waals surface area contributed by atoms with Crippen LogP contribution in [0.25, 0.3) is 0 Å². The summed E-state index contributed by atoms with van der Waals surface area (Å²) in [6.45, 7) is -0.394. The minimum Gasteiger partial charge on any atom is -0.323 e. The van der Waals surface area contributed by atoms with Crippen LogP contribution >= 0.6 is 23.2 Å². The van der Waals surface area contributed by atoms with Crippen molar-refractivity contribution in [3.63, 3.8) is 0 Å². The molecule has 1 heterocycles. The van der Waals surface area contributed by atoms with Gasteiger partial charge in [-0.2, -0.15) is 0 Å². The summed E-state index contributed by atoms with van der Waals surface area (Å²) in [6, 6.07) is 11.1. The Hall–Kier alpha value is -2.37. The number of nitrogens with one attached hydrogen (secondary N) is 1. The normalized spacial score (nSPS) is 13.2. The first kappa shape index (κ1) is 15.5. The first-order valence-electron chi connectivity index (χ1n) is 6.67. The highest BCUT2D eigenvalue weighted by atomic mass is 35.5. The van der Waals surface area contributed by atoms with Crippen molar-refractivity contribution in [2.75, 3.05) is 11.9 Å². The molecule has 0 radical (unpaired) electrons. The predicted octanol–water partition coefficient (Wildman–Crippen LogP) is 3.23. The molecule has 0 bridgehead atoms. The molecule has 1 aliphatic rings. The fraction of sp³-hybridized carbons (Fsp3) is 0.0625. The Morgan fingerprint density at radius 3 is 2.43 bits per heavy atom. The molecule has 7 heteroatoms. The summed E-state index contributed by atoms with van der Waals surface area (Å²) in [4.78, 5) is 37.5. The Kier molecular flexibility index (Phi) is 4.07. The van der Waals surface area contributed by atoms with Gasteiger partial charge in [-0.25, -0.2) is 0 Å². The van der Waals surface area contributed by atoms with Crippen molar-refractivity contribution >= 4 is 46.6 Å². The molecule has 116 valence electrons. The van der Waals surface area contributed by atoms with Crippen molar-refractivity contribution in [2.24, 2.45) is 0 Å². The molecular formula is C16H10Cl2N2O3. The number of fused-ring (bicyclic) bond motifs is 1. The third kappa shape index (κ3) is 2.93. The van der Waals surface area contributed by atoms with E-state index in [4.69, 9.17) is 23.2 Å². The topological polar surface area (TPSA) is 66.5 Å². The van der Waals surface area contributed by atoms with E-state index in [0.29, 0.717) is 15.7 Å². The van der Waals surface area contributed by atoms with Gasteiger partial charge in [0.15, 0.2) is 0 Å². The van der Waals surface area contributed by atoms with Gasteiger partial charge in [-0.1, -0.05) is 35.3 Å². The molecule has 3 rings (SSSR count). The van der Waals surface area contributed by atoms with Gasteiger partial charge in [-0.15, -0.1) is 0 Å². The molecule has 0 unspecified atom stereocenters. The number of hydrogen-bond acceptors (Lipinski definition) is 3. The van der Waals surface area contributed by atoms with Gasteiger partial charge in [0.1, 0.15) is 6.54 Å². The van der Waals surface area contributed by atoms with Gasteiger partial charge in [-0.05, 0) is 30.3 Å². The molecule has 3 amide bonds. The second kappa shape index (κ2) is 6.02. The van der Waals surface area contributed by atoms with Gasteiger partial charge >= 0.3 is 0 Å². The number of carbonyl (C=O) groups is 3. The van der Waals surface area contributed by atoms with Crippen LogP contribution in [0.2, 0.25) is 10.0 Å². The van der Waals surface area contributed by atoms with Crippen molar-refractivity contribution in [1.82, 2.24) is 4.90 Å². The van der Waals surface area contributed by atoms with Crippen molar-refractivity contribution in [1.29, 1.82) is 0 Å². The van der Waals surface area contributed by atoms with E-state index in [1.165, 1.54) is 18.2 Å². The van der Waals surface area contributed by atoms with Crippen LogP contribution in [0.3, 0.4) is 0 Å². The van der Waals surface area contributed by atoms with Gasteiger partial charge in [0.05, 0.1) is 21.8 Å². The third-order valence-corrected chi connectivity index (χ3v) is 3.95. The maximum atomic E-state index is 12.3. The highest BCUT2D eigenvalue weighted by Gasteiger charge is 2.36. The van der Waals surface area contributed by atoms with Crippen LogP contribution in [-0.4, -0.2) is 29.2 Å². The van der Waals surface area contributed by atoms with E-state index in [1.54, 1.807) is 24.3 Å². The van der Waals surface area contributed by atoms with Crippen LogP contribution in [0.5, 0.6) is 0 Å². The number of imide groups is 1. The van der Waals surface area contributed by atoms with Gasteiger partial charge in [-0.3, -0.25) is 19.3 Å². The minimum absolute atomic E-state index is 0.202. The molecule has 1 N–H and O–H groups in total. The fourth-order valence-electron chi connectivity index (χ4n) is 2.30. The number of para-hydroxylation sites is 1. The number of amides is 3. The molecule has 1 aliphatic heterocycles. The molecule has 2 aromatic rings. The number of carbonyl (C=O) groups excluding carboxylic acids is 3. The summed E-state index contributed by atoms with van der Waals surface area (Å²) in [7, 11) is 0. The molecular weight excluding hydrogens is 339 g/mol. The van der Waals surface area contributed by atoms with E-state index < -0.39 is 24.3 Å². The summed E-state index contributed by atoms with van der Waals surface area (Å²) in [6.07, 6.45) is 0. The Morgan fingerprint density at radius 2 is 1.70 bits per heavy atom. The molecule has 0 fully saturated rings. The molecule has 0 saturated heterocycles. The Labute approximate surface area is 141 Å². The minimum atomic E-state index is -0.540. The Balaban J connectivity index is 1.77. The van der Waals surface area contributed by atoms with Crippen LogP contribution in [0.15, 0.2) is 42.5 Å². The number of rotatable bonds is 3. The molecule has 0 aliphatic carbocycles. The summed E-state index contributed by atoms with van der Waals surface area (Å²) in [5.74, 6) is -1.57. The van der Waals surface area contributed by atoms with Crippen LogP contribution < -0.4 is 5.32 Å². The molecule has 0 spiro atoms. The zero-order valence-electron chi connectivity index (χ0n) is 11.7. The van der Waals surface area contributed by atoms with Crippen molar-refractivity contribution < 1.29 is 14.4 Å². The lowest BCUT2D eigenvalue weighted by Gasteiger charge is -2.14. The average Bonchev–Trinajstić information content (AvgIpc) is 2.74. The lowest BCUT2D eigenvalue weighted by molar-refractivity contribution is -0.116. The molecule has 0 aromatic heterocycles. The van der Waals surface area contributed by atoms with E-state index in [0.717, 1.165) is 4.90 Å². The Bertz CT molecular complexity index is 836. The van der Waals surface area contributed by atoms with Crippen LogP contribution in [0, 0.1) is 0 Å². The van der Waals surface area contributed by atoms with Gasteiger partial charge < -0.3 is 5.32 Å². The number of anilines is 1. The summed E-state index contributed by atoms with van der Waals surface area (Å²) in [5.41, 5.74) is 0.858. The zero-order valence-corrected chi connectivity index (χ0v) is 13.2. The average molecular weight is 349 g/mol. The van der Waals surface area contributed by atoms with Gasteiger partial charge in [0.2, 0.25) is 5.91 Å². The summed E-state index contributed by atoms with van der Waals surface area (Å²) >= 11 is 11.8. The molecule has 0 atom stereocenters. The maximum absolute atomic E-state index is 12.3. The number of benzene rings is 2. The fourth-order valence-corrected chi connectivity index (χ4v) is 2.66. The standard InChI is InChI=1S/C16H10Cl2N2O3/c17-9-5-6-10-11(7-9)16(23)20(15(10)22)8-14(21)19-13-4-2-1-3-12(13)18/h1-7H,8H2,(H,19,21). The first-order chi connectivity index (χ1) is 11.0. The third-order valence-electron chi connectivity index (χ3n) is 3.38. The van der Waals surface area contributed by atoms with E-state index in [9.17, 15) is 14.4 Å². The number of nitrogens with zero attached hydrogens (tertiary/aromatic N) is 1. The quantitative estimate of drug-likeness (QED) is 0.866. The van der Waals surface area contributed by atoms with Gasteiger partial charge in [0, 0.05) is 5.02 Å². The maximum Gasteiger partial charge on any atom is 0.262 e. The SMILES string of the molecule is O=C(CN1C(=O)c2ccc(Cl)cc2C1=O)Nc1ccccc1Cl. The Morgan fingerprint density at radius 1 is 1.00 bits per heavy atom. The molecule has 5 nitrogen and oxygen atoms in total. The van der Waals surface area contributed by atoms with E-state index in [2.05, 4.69) is 5.32 Å².